The number of sulfonamides is 1. The maximum Gasteiger partial charge on any atom is 0.331 e. The van der Waals surface area contributed by atoms with E-state index in [9.17, 15) is 18.0 Å². The van der Waals surface area contributed by atoms with E-state index in [1.807, 2.05) is 13.8 Å². The maximum atomic E-state index is 12.7. The van der Waals surface area contributed by atoms with Crippen LogP contribution >= 0.6 is 0 Å². The molecule has 1 N–H and O–H groups in total. The third kappa shape index (κ3) is 4.54. The molecule has 0 fully saturated rings. The largest absolute Gasteiger partial charge is 0.456 e. The molecule has 0 amide bonds. The molecule has 0 aliphatic carbocycles. The Labute approximate surface area is 169 Å². The number of nitrogens with one attached hydrogen (secondary N) is 1. The number of rotatable bonds is 7. The van der Waals surface area contributed by atoms with E-state index in [4.69, 9.17) is 4.74 Å². The summed E-state index contributed by atoms with van der Waals surface area (Å²) in [6.45, 7) is 3.32. The van der Waals surface area contributed by atoms with Crippen LogP contribution in [-0.4, -0.2) is 38.7 Å². The maximum absolute atomic E-state index is 12.7. The van der Waals surface area contributed by atoms with Gasteiger partial charge in [-0.2, -0.15) is 0 Å². The van der Waals surface area contributed by atoms with E-state index in [0.717, 1.165) is 0 Å². The molecule has 2 atom stereocenters. The average Bonchev–Trinajstić information content (AvgIpc) is 3.00. The average molecular weight is 414 g/mol. The Morgan fingerprint density at radius 2 is 1.72 bits per heavy atom. The number of hydrogen-bond donors (Lipinski definition) is 1. The molecule has 0 aromatic heterocycles. The van der Waals surface area contributed by atoms with Crippen LogP contribution in [0.2, 0.25) is 0 Å². The molecule has 2 aromatic carbocycles. The van der Waals surface area contributed by atoms with E-state index in [1.54, 1.807) is 48.5 Å². The van der Waals surface area contributed by atoms with Crippen molar-refractivity contribution in [3.8, 4) is 0 Å². The highest BCUT2D eigenvalue weighted by Crippen LogP contribution is 2.24. The Morgan fingerprint density at radius 1 is 1.07 bits per heavy atom. The van der Waals surface area contributed by atoms with E-state index in [1.165, 1.54) is 6.07 Å². The van der Waals surface area contributed by atoms with Gasteiger partial charge in [-0.05, 0) is 18.1 Å². The van der Waals surface area contributed by atoms with Crippen molar-refractivity contribution in [2.75, 3.05) is 6.61 Å². The molecule has 0 saturated carbocycles. The van der Waals surface area contributed by atoms with Gasteiger partial charge in [-0.3, -0.25) is 14.5 Å². The van der Waals surface area contributed by atoms with Gasteiger partial charge in [0, 0.05) is 11.1 Å². The van der Waals surface area contributed by atoms with Gasteiger partial charge in [0.15, 0.2) is 18.4 Å². The van der Waals surface area contributed by atoms with Crippen LogP contribution in [0, 0.1) is 5.92 Å². The molecule has 0 bridgehead atoms. The standard InChI is InChI=1S/C21H22N2O5S/c1-3-14(2)19(21(25)28-13-17(24)15-9-5-4-6-10-15)22-20-16-11-7-8-12-18(16)29(26,27)23-20/h4-12,14,19H,3,13H2,1-2H3,(H,22,23)/t14-,19-/m0/s1. The predicted molar refractivity (Wildman–Crippen MR) is 108 cm³/mol. The van der Waals surface area contributed by atoms with Crippen LogP contribution in [0.15, 0.2) is 64.5 Å². The van der Waals surface area contributed by atoms with E-state index < -0.39 is 28.6 Å². The number of esters is 1. The van der Waals surface area contributed by atoms with Gasteiger partial charge >= 0.3 is 5.97 Å². The number of hydrogen-bond acceptors (Lipinski definition) is 6. The lowest BCUT2D eigenvalue weighted by atomic mass is 9.99. The molecule has 1 aliphatic heterocycles. The van der Waals surface area contributed by atoms with E-state index >= 15 is 0 Å². The number of fused-ring (bicyclic) bond motifs is 1. The molecule has 2 aromatic rings. The summed E-state index contributed by atoms with van der Waals surface area (Å²) < 4.78 is 32.2. The van der Waals surface area contributed by atoms with Crippen molar-refractivity contribution in [3.63, 3.8) is 0 Å². The molecular weight excluding hydrogens is 392 g/mol. The SMILES string of the molecule is CC[C@H](C)[C@H](N=C1NS(=O)(=O)c2ccccc21)C(=O)OCC(=O)c1ccccc1. The number of aliphatic imine (C=N–C) groups is 1. The third-order valence-electron chi connectivity index (χ3n) is 4.80. The number of ether oxygens (including phenoxy) is 1. The van der Waals surface area contributed by atoms with Crippen molar-refractivity contribution in [1.82, 2.24) is 4.72 Å². The molecule has 7 nitrogen and oxygen atoms in total. The zero-order chi connectivity index (χ0) is 21.0. The van der Waals surface area contributed by atoms with Crippen LogP contribution in [0.25, 0.3) is 0 Å². The van der Waals surface area contributed by atoms with Crippen LogP contribution in [-0.2, 0) is 19.6 Å². The lowest BCUT2D eigenvalue weighted by molar-refractivity contribution is -0.145. The number of Topliss-reactive ketones (excluding diaryl/α,β-unsaturated/α-hetero) is 1. The zero-order valence-electron chi connectivity index (χ0n) is 16.2. The van der Waals surface area contributed by atoms with Crippen LogP contribution in [0.4, 0.5) is 0 Å². The number of carbonyl (C=O) groups is 2. The van der Waals surface area contributed by atoms with Gasteiger partial charge in [0.25, 0.3) is 10.0 Å². The van der Waals surface area contributed by atoms with Crippen molar-refractivity contribution in [2.24, 2.45) is 10.9 Å². The van der Waals surface area contributed by atoms with Crippen molar-refractivity contribution >= 4 is 27.6 Å². The lowest BCUT2D eigenvalue weighted by Crippen LogP contribution is -2.33. The van der Waals surface area contributed by atoms with Crippen molar-refractivity contribution in [2.45, 2.75) is 31.2 Å². The normalized spacial score (nSPS) is 17.8. The van der Waals surface area contributed by atoms with Gasteiger partial charge in [-0.25, -0.2) is 13.2 Å². The number of carbonyl (C=O) groups excluding carboxylic acids is 2. The quantitative estimate of drug-likeness (QED) is 0.554. The molecule has 152 valence electrons. The highest BCUT2D eigenvalue weighted by molar-refractivity contribution is 7.90. The third-order valence-corrected chi connectivity index (χ3v) is 6.19. The second-order valence-electron chi connectivity index (χ2n) is 6.81. The minimum absolute atomic E-state index is 0.109. The topological polar surface area (TPSA) is 102 Å². The summed E-state index contributed by atoms with van der Waals surface area (Å²) in [7, 11) is -3.71. The minimum atomic E-state index is -3.71. The second-order valence-corrected chi connectivity index (χ2v) is 8.46. The van der Waals surface area contributed by atoms with Crippen molar-refractivity contribution < 1.29 is 22.7 Å². The highest BCUT2D eigenvalue weighted by Gasteiger charge is 2.33. The van der Waals surface area contributed by atoms with Gasteiger partial charge < -0.3 is 4.74 Å². The van der Waals surface area contributed by atoms with Gasteiger partial charge in [-0.1, -0.05) is 62.7 Å². The summed E-state index contributed by atoms with van der Waals surface area (Å²) in [5.41, 5.74) is 0.859. The number of ketones is 1. The number of nitrogens with zero attached hydrogens (tertiary/aromatic N) is 1. The Morgan fingerprint density at radius 3 is 2.41 bits per heavy atom. The van der Waals surface area contributed by atoms with Crippen LogP contribution in [0.5, 0.6) is 0 Å². The fourth-order valence-electron chi connectivity index (χ4n) is 2.93. The minimum Gasteiger partial charge on any atom is -0.456 e. The summed E-state index contributed by atoms with van der Waals surface area (Å²) in [6, 6.07) is 14.0. The van der Waals surface area contributed by atoms with E-state index in [0.29, 0.717) is 17.5 Å². The van der Waals surface area contributed by atoms with Crippen LogP contribution in [0.1, 0.15) is 36.2 Å². The van der Waals surface area contributed by atoms with Crippen LogP contribution < -0.4 is 4.72 Å². The Bertz CT molecular complexity index is 1050. The number of amidine groups is 1. The summed E-state index contributed by atoms with van der Waals surface area (Å²) in [4.78, 5) is 29.4. The summed E-state index contributed by atoms with van der Waals surface area (Å²) >= 11 is 0. The summed E-state index contributed by atoms with van der Waals surface area (Å²) in [5, 5.41) is 0. The molecule has 1 aliphatic rings. The predicted octanol–water partition coefficient (Wildman–Crippen LogP) is 2.57. The first-order valence-electron chi connectivity index (χ1n) is 9.28. The fourth-order valence-corrected chi connectivity index (χ4v) is 4.17. The summed E-state index contributed by atoms with van der Waals surface area (Å²) in [6.07, 6.45) is 0.623. The molecule has 0 spiro atoms. The first-order chi connectivity index (χ1) is 13.8. The molecular formula is C21H22N2O5S. The van der Waals surface area contributed by atoms with Gasteiger partial charge in [0.2, 0.25) is 0 Å². The van der Waals surface area contributed by atoms with Crippen LogP contribution in [0.3, 0.4) is 0 Å². The molecule has 1 heterocycles. The Balaban J connectivity index is 1.81. The smallest absolute Gasteiger partial charge is 0.331 e. The molecule has 29 heavy (non-hydrogen) atoms. The first kappa shape index (κ1) is 20.7. The van der Waals surface area contributed by atoms with Crippen molar-refractivity contribution in [3.05, 3.63) is 65.7 Å². The van der Waals surface area contributed by atoms with E-state index in [-0.39, 0.29) is 22.4 Å². The Hall–Kier alpha value is -3.00. The molecule has 0 saturated heterocycles. The van der Waals surface area contributed by atoms with E-state index in [2.05, 4.69) is 9.71 Å². The highest BCUT2D eigenvalue weighted by atomic mass is 32.2. The number of benzene rings is 2. The van der Waals surface area contributed by atoms with Gasteiger partial charge in [0.1, 0.15) is 5.84 Å². The molecule has 0 radical (unpaired) electrons. The Kier molecular flexibility index (Phi) is 6.12. The molecule has 0 unspecified atom stereocenters. The molecule has 8 heteroatoms. The lowest BCUT2D eigenvalue weighted by Gasteiger charge is -2.18. The second kappa shape index (κ2) is 8.57. The van der Waals surface area contributed by atoms with Gasteiger partial charge in [-0.15, -0.1) is 0 Å². The molecule has 3 rings (SSSR count). The summed E-state index contributed by atoms with van der Waals surface area (Å²) in [5.74, 6) is -1.09. The zero-order valence-corrected chi connectivity index (χ0v) is 17.0. The fraction of sp³-hybridized carbons (Fsp3) is 0.286. The van der Waals surface area contributed by atoms with Crippen molar-refractivity contribution in [1.29, 1.82) is 0 Å². The first-order valence-corrected chi connectivity index (χ1v) is 10.8. The van der Waals surface area contributed by atoms with Gasteiger partial charge in [0.05, 0.1) is 4.90 Å². The monoisotopic (exact) mass is 414 g/mol.